The van der Waals surface area contributed by atoms with E-state index in [2.05, 4.69) is 56.8 Å². The minimum atomic E-state index is -0.478. The van der Waals surface area contributed by atoms with Gasteiger partial charge in [0.25, 0.3) is 0 Å². The van der Waals surface area contributed by atoms with Gasteiger partial charge in [0.15, 0.2) is 5.78 Å². The molecule has 0 spiro atoms. The fourth-order valence-corrected chi connectivity index (χ4v) is 4.76. The third kappa shape index (κ3) is 3.59. The van der Waals surface area contributed by atoms with E-state index >= 15 is 0 Å². The number of carbonyl (C=O) groups is 1. The van der Waals surface area contributed by atoms with Crippen molar-refractivity contribution in [3.63, 3.8) is 0 Å². The number of rotatable bonds is 2. The van der Waals surface area contributed by atoms with Crippen molar-refractivity contribution >= 4 is 43.5 Å². The quantitative estimate of drug-likeness (QED) is 0.553. The smallest absolute Gasteiger partial charge is 0.162 e. The highest BCUT2D eigenvalue weighted by Gasteiger charge is 2.44. The van der Waals surface area contributed by atoms with Crippen LogP contribution in [0.1, 0.15) is 38.2 Å². The maximum absolute atomic E-state index is 13.4. The Labute approximate surface area is 192 Å². The molecule has 0 fully saturated rings. The molecule has 7 heteroatoms. The fourth-order valence-electron chi connectivity index (χ4n) is 4.26. The highest BCUT2D eigenvalue weighted by Crippen LogP contribution is 2.49. The van der Waals surface area contributed by atoms with E-state index in [0.29, 0.717) is 35.6 Å². The number of pyridine rings is 1. The van der Waals surface area contributed by atoms with Crippen molar-refractivity contribution in [1.29, 1.82) is 5.26 Å². The molecule has 0 unspecified atom stereocenters. The monoisotopic (exact) mass is 526 g/mol. The van der Waals surface area contributed by atoms with Gasteiger partial charge in [0.05, 0.1) is 17.6 Å². The molecule has 5 nitrogen and oxygen atoms in total. The number of hydrogen-bond acceptors (Lipinski definition) is 5. The number of ketones is 1. The third-order valence-electron chi connectivity index (χ3n) is 5.53. The molecule has 1 aliphatic heterocycles. The topological polar surface area (TPSA) is 83.0 Å². The van der Waals surface area contributed by atoms with Gasteiger partial charge in [-0.25, -0.2) is 4.98 Å². The molecule has 152 valence electrons. The van der Waals surface area contributed by atoms with Crippen LogP contribution in [-0.4, -0.2) is 10.8 Å². The maximum Gasteiger partial charge on any atom is 0.162 e. The Balaban J connectivity index is 1.98. The van der Waals surface area contributed by atoms with Gasteiger partial charge in [0, 0.05) is 32.8 Å². The summed E-state index contributed by atoms with van der Waals surface area (Å²) < 4.78 is 1.77. The highest BCUT2D eigenvalue weighted by atomic mass is 79.9. The van der Waals surface area contributed by atoms with Crippen molar-refractivity contribution < 1.29 is 4.79 Å². The number of anilines is 1. The first-order valence-electron chi connectivity index (χ1n) is 9.55. The van der Waals surface area contributed by atoms with Crippen LogP contribution in [0.4, 0.5) is 5.82 Å². The number of benzene rings is 1. The molecule has 30 heavy (non-hydrogen) atoms. The molecule has 2 N–H and O–H groups in total. The van der Waals surface area contributed by atoms with Crippen molar-refractivity contribution in [3.05, 3.63) is 79.8 Å². The minimum Gasteiger partial charge on any atom is -0.384 e. The number of nitriles is 1. The van der Waals surface area contributed by atoms with Crippen molar-refractivity contribution in [1.82, 2.24) is 4.98 Å². The molecule has 1 aromatic heterocycles. The summed E-state index contributed by atoms with van der Waals surface area (Å²) >= 11 is 6.86. The minimum absolute atomic E-state index is 0.0523. The van der Waals surface area contributed by atoms with E-state index < -0.39 is 5.92 Å². The number of hydrogen-bond donors (Lipinski definition) is 1. The van der Waals surface area contributed by atoms with Gasteiger partial charge in [-0.2, -0.15) is 5.26 Å². The summed E-state index contributed by atoms with van der Waals surface area (Å²) in [6.07, 6.45) is 2.78. The van der Waals surface area contributed by atoms with E-state index in [0.717, 1.165) is 20.2 Å². The van der Waals surface area contributed by atoms with Gasteiger partial charge in [-0.3, -0.25) is 9.69 Å². The van der Waals surface area contributed by atoms with Crippen LogP contribution in [0.5, 0.6) is 0 Å². The Morgan fingerprint density at radius 1 is 1.13 bits per heavy atom. The van der Waals surface area contributed by atoms with Gasteiger partial charge in [0.2, 0.25) is 0 Å². The lowest BCUT2D eigenvalue weighted by molar-refractivity contribution is -0.118. The molecule has 1 aliphatic carbocycles. The van der Waals surface area contributed by atoms with E-state index in [-0.39, 0.29) is 11.2 Å². The van der Waals surface area contributed by atoms with Crippen LogP contribution < -0.4 is 10.6 Å². The molecule has 0 saturated heterocycles. The van der Waals surface area contributed by atoms with Crippen LogP contribution in [0.3, 0.4) is 0 Å². The average molecular weight is 528 g/mol. The van der Waals surface area contributed by atoms with Gasteiger partial charge < -0.3 is 5.73 Å². The van der Waals surface area contributed by atoms with Gasteiger partial charge in [-0.15, -0.1) is 0 Å². The second-order valence-electron chi connectivity index (χ2n) is 8.37. The summed E-state index contributed by atoms with van der Waals surface area (Å²) in [5.41, 5.74) is 9.09. The Bertz CT molecular complexity index is 1130. The lowest BCUT2D eigenvalue weighted by Gasteiger charge is -2.43. The van der Waals surface area contributed by atoms with Crippen LogP contribution in [0.25, 0.3) is 0 Å². The maximum atomic E-state index is 13.4. The van der Waals surface area contributed by atoms with Gasteiger partial charge in [-0.05, 0) is 57.6 Å². The van der Waals surface area contributed by atoms with E-state index in [1.807, 2.05) is 36.4 Å². The first-order chi connectivity index (χ1) is 14.2. The second kappa shape index (κ2) is 7.68. The fraction of sp³-hybridized carbons (Fsp3) is 0.261. The summed E-state index contributed by atoms with van der Waals surface area (Å²) in [4.78, 5) is 19.7. The summed E-state index contributed by atoms with van der Waals surface area (Å²) in [6, 6.07) is 13.7. The molecule has 2 aliphatic rings. The largest absolute Gasteiger partial charge is 0.384 e. The molecule has 4 rings (SSSR count). The van der Waals surface area contributed by atoms with E-state index in [4.69, 9.17) is 5.73 Å². The van der Waals surface area contributed by atoms with Crippen molar-refractivity contribution in [2.45, 2.75) is 32.6 Å². The normalized spacial score (nSPS) is 20.8. The van der Waals surface area contributed by atoms with E-state index in [1.165, 1.54) is 0 Å². The molecule has 1 atom stereocenters. The number of carbonyl (C=O) groups excluding carboxylic acids is 1. The Hall–Kier alpha value is -2.43. The number of halogens is 2. The number of Topliss-reactive ketones (excluding diaryl/α,β-unsaturated/α-hetero) is 1. The zero-order valence-electron chi connectivity index (χ0n) is 16.6. The molecule has 2 heterocycles. The Morgan fingerprint density at radius 3 is 2.40 bits per heavy atom. The lowest BCUT2D eigenvalue weighted by Crippen LogP contribution is -2.42. The Kier molecular flexibility index (Phi) is 5.33. The molecule has 1 aromatic carbocycles. The summed E-state index contributed by atoms with van der Waals surface area (Å²) in [6.45, 7) is 4.16. The lowest BCUT2D eigenvalue weighted by atomic mass is 9.68. The molecular weight excluding hydrogens is 508 g/mol. The predicted octanol–water partition coefficient (Wildman–Crippen LogP) is 5.55. The summed E-state index contributed by atoms with van der Waals surface area (Å²) in [7, 11) is 0. The third-order valence-corrected chi connectivity index (χ3v) is 6.52. The zero-order chi connectivity index (χ0) is 21.6. The number of allylic oxidation sites excluding steroid dienone is 3. The van der Waals surface area contributed by atoms with Gasteiger partial charge in [0.1, 0.15) is 11.6 Å². The van der Waals surface area contributed by atoms with E-state index in [1.54, 1.807) is 11.1 Å². The number of aromatic nitrogens is 1. The predicted molar refractivity (Wildman–Crippen MR) is 123 cm³/mol. The molecular formula is C23H20Br2N4O. The van der Waals surface area contributed by atoms with Crippen LogP contribution in [0.2, 0.25) is 0 Å². The number of nitrogens with zero attached hydrogens (tertiary/aromatic N) is 3. The molecule has 2 aromatic rings. The average Bonchev–Trinajstić information content (AvgIpc) is 2.68. The molecule has 0 bridgehead atoms. The number of nitrogens with two attached hydrogens (primary N) is 1. The van der Waals surface area contributed by atoms with E-state index in [9.17, 15) is 10.1 Å². The van der Waals surface area contributed by atoms with Crippen LogP contribution in [-0.2, 0) is 4.79 Å². The van der Waals surface area contributed by atoms with Crippen molar-refractivity contribution in [2.75, 3.05) is 4.90 Å². The molecule has 0 amide bonds. The van der Waals surface area contributed by atoms with Crippen LogP contribution in [0, 0.1) is 16.7 Å². The first-order valence-corrected chi connectivity index (χ1v) is 11.1. The van der Waals surface area contributed by atoms with Crippen LogP contribution in [0.15, 0.2) is 74.2 Å². The molecule has 0 saturated carbocycles. The van der Waals surface area contributed by atoms with Crippen LogP contribution >= 0.6 is 31.9 Å². The highest BCUT2D eigenvalue weighted by molar-refractivity contribution is 9.10. The second-order valence-corrected chi connectivity index (χ2v) is 10.2. The SMILES string of the molecule is CC1(C)CC(=O)C2=C(C1)N(c1ccc(Br)cn1)C(N)=C(C#N)[C@@H]2c1ccc(Br)cc1. The standard InChI is InChI=1S/C23H20Br2N4O/c1-23(2)9-17-21(18(30)10-23)20(13-3-5-14(24)6-4-13)16(11-26)22(27)29(17)19-8-7-15(25)12-28-19/h3-8,12,20H,9-10,27H2,1-2H3/t20-/m0/s1. The molecule has 0 radical (unpaired) electrons. The Morgan fingerprint density at radius 2 is 1.80 bits per heavy atom. The first kappa shape index (κ1) is 20.8. The summed E-state index contributed by atoms with van der Waals surface area (Å²) in [5.74, 6) is 0.491. The summed E-state index contributed by atoms with van der Waals surface area (Å²) in [5, 5.41) is 10.1. The van der Waals surface area contributed by atoms with Crippen molar-refractivity contribution in [2.24, 2.45) is 11.1 Å². The van der Waals surface area contributed by atoms with Crippen molar-refractivity contribution in [3.8, 4) is 6.07 Å². The van der Waals surface area contributed by atoms with Gasteiger partial charge >= 0.3 is 0 Å². The van der Waals surface area contributed by atoms with Gasteiger partial charge in [-0.1, -0.05) is 41.9 Å². The zero-order valence-corrected chi connectivity index (χ0v) is 19.8.